The molecule has 1 aromatic rings. The molecule has 1 aromatic carbocycles. The minimum absolute atomic E-state index is 0.0748. The summed E-state index contributed by atoms with van der Waals surface area (Å²) in [5.41, 5.74) is 0.827. The van der Waals surface area contributed by atoms with Crippen LogP contribution in [0.1, 0.15) is 37.7 Å². The Morgan fingerprint density at radius 2 is 1.87 bits per heavy atom. The topological polar surface area (TPSA) is 157 Å². The van der Waals surface area contributed by atoms with Crippen molar-refractivity contribution < 1.29 is 34.0 Å². The van der Waals surface area contributed by atoms with E-state index < -0.39 is 45.2 Å². The van der Waals surface area contributed by atoms with Crippen LogP contribution in [-0.4, -0.2) is 85.6 Å². The van der Waals surface area contributed by atoms with E-state index in [9.17, 15) is 29.2 Å². The lowest BCUT2D eigenvalue weighted by Gasteiger charge is -2.32. The average Bonchev–Trinajstić information content (AvgIpc) is 3.35. The van der Waals surface area contributed by atoms with Crippen molar-refractivity contribution in [2.24, 2.45) is 0 Å². The van der Waals surface area contributed by atoms with Crippen LogP contribution in [0.5, 0.6) is 0 Å². The van der Waals surface area contributed by atoms with Gasteiger partial charge in [-0.15, -0.1) is 0 Å². The molecule has 0 aliphatic carbocycles. The van der Waals surface area contributed by atoms with Crippen LogP contribution < -0.4 is 16.0 Å². The molecule has 0 spiro atoms. The predicted molar refractivity (Wildman–Crippen MR) is 146 cm³/mol. The molecule has 1 saturated heterocycles. The lowest BCUT2D eigenvalue weighted by atomic mass is 9.76. The highest BCUT2D eigenvalue weighted by Gasteiger charge is 2.40. The molecule has 13 heteroatoms. The summed E-state index contributed by atoms with van der Waals surface area (Å²) in [5, 5.41) is 27.5. The van der Waals surface area contributed by atoms with E-state index in [0.717, 1.165) is 5.56 Å². The zero-order valence-electron chi connectivity index (χ0n) is 22.5. The number of carbonyl (C=O) groups is 4. The molecule has 38 heavy (non-hydrogen) atoms. The Morgan fingerprint density at radius 1 is 1.16 bits per heavy atom. The normalized spacial score (nSPS) is 16.8. The van der Waals surface area contributed by atoms with Crippen LogP contribution >= 0.6 is 0 Å². The highest BCUT2D eigenvalue weighted by atomic mass is 28.3. The molecule has 3 atom stereocenters. The van der Waals surface area contributed by atoms with Crippen molar-refractivity contribution in [1.29, 1.82) is 0 Å². The van der Waals surface area contributed by atoms with E-state index in [0.29, 0.717) is 57.6 Å². The highest BCUT2D eigenvalue weighted by Crippen LogP contribution is 2.22. The largest absolute Gasteiger partial charge is 0.475 e. The Kier molecular flexibility index (Phi) is 12.8. The minimum Gasteiger partial charge on any atom is -0.445 e. The number of hydrogen-bond donors (Lipinski definition) is 5. The third-order valence-corrected chi connectivity index (χ3v) is 7.95. The molecule has 0 radical (unpaired) electrons. The number of unbranched alkanes of at least 4 members (excludes halogenated alkanes) is 1. The molecule has 0 saturated carbocycles. The highest BCUT2D eigenvalue weighted by molar-refractivity contribution is 6.76. The van der Waals surface area contributed by atoms with Crippen LogP contribution in [0, 0.1) is 0 Å². The molecule has 1 fully saturated rings. The van der Waals surface area contributed by atoms with E-state index in [1.165, 1.54) is 4.90 Å². The summed E-state index contributed by atoms with van der Waals surface area (Å²) in [5.74, 6) is -1.71. The first-order chi connectivity index (χ1) is 18.0. The van der Waals surface area contributed by atoms with Crippen molar-refractivity contribution in [2.45, 2.75) is 82.4 Å². The van der Waals surface area contributed by atoms with Crippen LogP contribution in [0.25, 0.3) is 0 Å². The number of carbonyl (C=O) groups excluding carboxylic acids is 4. The molecule has 11 nitrogen and oxygen atoms in total. The average molecular weight is 549 g/mol. The third kappa shape index (κ3) is 10.8. The number of amides is 4. The summed E-state index contributed by atoms with van der Waals surface area (Å²) in [6, 6.07) is 8.11. The molecular formula is C25H41BN4O7Si. The monoisotopic (exact) mass is 548 g/mol. The van der Waals surface area contributed by atoms with Gasteiger partial charge in [-0.2, -0.15) is 0 Å². The van der Waals surface area contributed by atoms with Crippen LogP contribution in [-0.2, 0) is 25.7 Å². The van der Waals surface area contributed by atoms with Gasteiger partial charge in [-0.1, -0.05) is 56.4 Å². The molecule has 210 valence electrons. The first-order valence-electron chi connectivity index (χ1n) is 13.1. The molecule has 1 heterocycles. The lowest BCUT2D eigenvalue weighted by Crippen LogP contribution is -2.57. The van der Waals surface area contributed by atoms with Gasteiger partial charge in [0, 0.05) is 21.2 Å². The Labute approximate surface area is 225 Å². The van der Waals surface area contributed by atoms with Crippen molar-refractivity contribution in [3.8, 4) is 0 Å². The summed E-state index contributed by atoms with van der Waals surface area (Å²) < 4.78 is 5.34. The molecule has 1 aliphatic heterocycles. The van der Waals surface area contributed by atoms with Crippen molar-refractivity contribution in [3.05, 3.63) is 35.9 Å². The van der Waals surface area contributed by atoms with E-state index in [1.54, 1.807) is 0 Å². The number of hydrogen-bond acceptors (Lipinski definition) is 7. The van der Waals surface area contributed by atoms with Gasteiger partial charge in [0.25, 0.3) is 0 Å². The van der Waals surface area contributed by atoms with Gasteiger partial charge in [-0.3, -0.25) is 14.4 Å². The number of rotatable bonds is 15. The van der Waals surface area contributed by atoms with E-state index in [1.807, 2.05) is 30.3 Å². The Hall–Kier alpha value is -2.90. The zero-order chi connectivity index (χ0) is 28.1. The van der Waals surface area contributed by atoms with Crippen LogP contribution in [0.3, 0.4) is 0 Å². The Balaban J connectivity index is 2.03. The van der Waals surface area contributed by atoms with Crippen molar-refractivity contribution in [3.63, 3.8) is 0 Å². The van der Waals surface area contributed by atoms with Gasteiger partial charge < -0.3 is 35.6 Å². The number of alkyl carbamates (subject to hydrolysis) is 1. The summed E-state index contributed by atoms with van der Waals surface area (Å²) in [6.07, 6.45) is 2.44. The van der Waals surface area contributed by atoms with Gasteiger partial charge in [-0.25, -0.2) is 4.79 Å². The molecule has 3 unspecified atom stereocenters. The molecule has 0 aromatic heterocycles. The van der Waals surface area contributed by atoms with Crippen molar-refractivity contribution >= 4 is 39.5 Å². The predicted octanol–water partition coefficient (Wildman–Crippen LogP) is 1.02. The summed E-state index contributed by atoms with van der Waals surface area (Å²) in [4.78, 5) is 51.1. The number of likely N-dealkylation sites (tertiary alicyclic amines) is 1. The number of benzene rings is 1. The summed E-state index contributed by atoms with van der Waals surface area (Å²) in [6.45, 7) is 7.17. The Morgan fingerprint density at radius 3 is 2.50 bits per heavy atom. The van der Waals surface area contributed by atoms with E-state index in [4.69, 9.17) is 4.74 Å². The van der Waals surface area contributed by atoms with E-state index in [-0.39, 0.29) is 12.5 Å². The quantitative estimate of drug-likeness (QED) is 0.124. The van der Waals surface area contributed by atoms with Crippen LogP contribution in [0.15, 0.2) is 30.3 Å². The second-order valence-electron chi connectivity index (χ2n) is 10.8. The third-order valence-electron chi connectivity index (χ3n) is 6.32. The van der Waals surface area contributed by atoms with Gasteiger partial charge in [0.15, 0.2) is 0 Å². The molecule has 2 rings (SSSR count). The van der Waals surface area contributed by atoms with Gasteiger partial charge in [0.1, 0.15) is 18.7 Å². The SMILES string of the molecule is C[Si](C)(C)CC(NC(=O)OCc1ccccc1)C(=O)N1CCCC1C(=O)NC(CCCCNC=O)B(O)O. The van der Waals surface area contributed by atoms with Gasteiger partial charge >= 0.3 is 13.2 Å². The first-order valence-corrected chi connectivity index (χ1v) is 16.8. The smallest absolute Gasteiger partial charge is 0.445 e. The lowest BCUT2D eigenvalue weighted by molar-refractivity contribution is -0.139. The molecule has 1 aliphatic rings. The molecule has 5 N–H and O–H groups in total. The van der Waals surface area contributed by atoms with Crippen molar-refractivity contribution in [2.75, 3.05) is 13.1 Å². The van der Waals surface area contributed by atoms with E-state index in [2.05, 4.69) is 35.6 Å². The number of nitrogens with one attached hydrogen (secondary N) is 3. The second kappa shape index (κ2) is 15.5. The maximum absolute atomic E-state index is 13.6. The standard InChI is InChI=1S/C25H41BN4O7Si/c1-38(2,3)17-20(28-25(34)37-16-19-10-5-4-6-11-19)24(33)30-15-9-12-21(30)23(32)29-22(26(35)36)13-7-8-14-27-18-31/h4-6,10-11,18,20-22,35-36H,7-9,12-17H2,1-3H3,(H,27,31)(H,28,34)(H,29,32). The van der Waals surface area contributed by atoms with Gasteiger partial charge in [-0.05, 0) is 37.3 Å². The van der Waals surface area contributed by atoms with Crippen LogP contribution in [0.2, 0.25) is 25.7 Å². The molecule has 4 amide bonds. The summed E-state index contributed by atoms with van der Waals surface area (Å²) in [7, 11) is -3.57. The zero-order valence-corrected chi connectivity index (χ0v) is 23.5. The fourth-order valence-electron chi connectivity index (χ4n) is 4.45. The first kappa shape index (κ1) is 31.3. The number of nitrogens with zero attached hydrogens (tertiary/aromatic N) is 1. The van der Waals surface area contributed by atoms with Gasteiger partial charge in [0.05, 0.1) is 5.94 Å². The number of ether oxygens (including phenoxy) is 1. The summed E-state index contributed by atoms with van der Waals surface area (Å²) >= 11 is 0. The fraction of sp³-hybridized carbons (Fsp3) is 0.600. The minimum atomic E-state index is -1.81. The Bertz CT molecular complexity index is 917. The van der Waals surface area contributed by atoms with E-state index >= 15 is 0 Å². The van der Waals surface area contributed by atoms with Gasteiger partial charge in [0.2, 0.25) is 18.2 Å². The second-order valence-corrected chi connectivity index (χ2v) is 16.3. The fourth-order valence-corrected chi connectivity index (χ4v) is 5.95. The molecule has 0 bridgehead atoms. The van der Waals surface area contributed by atoms with Crippen LogP contribution in [0.4, 0.5) is 4.79 Å². The maximum atomic E-state index is 13.6. The maximum Gasteiger partial charge on any atom is 0.475 e. The van der Waals surface area contributed by atoms with Crippen molar-refractivity contribution in [1.82, 2.24) is 20.9 Å². The molecular weight excluding hydrogens is 507 g/mol.